The van der Waals surface area contributed by atoms with E-state index in [1.807, 2.05) is 12.1 Å². The Morgan fingerprint density at radius 2 is 2.00 bits per heavy atom. The van der Waals surface area contributed by atoms with Crippen molar-refractivity contribution in [1.82, 2.24) is 4.90 Å². The van der Waals surface area contributed by atoms with Gasteiger partial charge in [-0.25, -0.2) is 4.39 Å². The molecule has 2 rings (SSSR count). The highest BCUT2D eigenvalue weighted by Crippen LogP contribution is 2.23. The maximum atomic E-state index is 13.5. The lowest BCUT2D eigenvalue weighted by Gasteiger charge is -2.31. The van der Waals surface area contributed by atoms with Crippen molar-refractivity contribution in [3.8, 4) is 0 Å². The number of halogens is 2. The number of hydrogen-bond donors (Lipinski definition) is 0. The summed E-state index contributed by atoms with van der Waals surface area (Å²) in [6, 6.07) is 6.91. The number of carbonyl (C=O) groups is 1. The van der Waals surface area contributed by atoms with E-state index in [2.05, 4.69) is 0 Å². The molecular weight excluding hydrogens is 253 g/mol. The highest BCUT2D eigenvalue weighted by atomic mass is 35.5. The maximum Gasteiger partial charge on any atom is 0.237 e. The van der Waals surface area contributed by atoms with Gasteiger partial charge in [0.05, 0.1) is 0 Å². The SMILES string of the molecule is O=C(CCl)N1CCC(Cc2ccccc2F)CC1. The van der Waals surface area contributed by atoms with Gasteiger partial charge in [-0.2, -0.15) is 0 Å². The summed E-state index contributed by atoms with van der Waals surface area (Å²) in [6.45, 7) is 1.48. The van der Waals surface area contributed by atoms with Crippen molar-refractivity contribution >= 4 is 17.5 Å². The van der Waals surface area contributed by atoms with Gasteiger partial charge >= 0.3 is 0 Å². The molecule has 4 heteroatoms. The van der Waals surface area contributed by atoms with Gasteiger partial charge in [-0.05, 0) is 36.8 Å². The van der Waals surface area contributed by atoms with Crippen LogP contribution < -0.4 is 0 Å². The van der Waals surface area contributed by atoms with Crippen LogP contribution in [0.3, 0.4) is 0 Å². The molecular formula is C14H17ClFNO. The van der Waals surface area contributed by atoms with Gasteiger partial charge in [-0.3, -0.25) is 4.79 Å². The fourth-order valence-corrected chi connectivity index (χ4v) is 2.61. The van der Waals surface area contributed by atoms with E-state index in [4.69, 9.17) is 11.6 Å². The van der Waals surface area contributed by atoms with Gasteiger partial charge in [0.2, 0.25) is 5.91 Å². The summed E-state index contributed by atoms with van der Waals surface area (Å²) in [4.78, 5) is 13.2. The molecule has 1 fully saturated rings. The van der Waals surface area contributed by atoms with Gasteiger partial charge in [0.1, 0.15) is 11.7 Å². The average Bonchev–Trinajstić information content (AvgIpc) is 2.41. The predicted molar refractivity (Wildman–Crippen MR) is 70.1 cm³/mol. The van der Waals surface area contributed by atoms with Crippen LogP contribution in [0.25, 0.3) is 0 Å². The van der Waals surface area contributed by atoms with Crippen molar-refractivity contribution in [2.75, 3.05) is 19.0 Å². The molecule has 1 amide bonds. The number of benzene rings is 1. The molecule has 0 bridgehead atoms. The first-order valence-electron chi connectivity index (χ1n) is 6.28. The van der Waals surface area contributed by atoms with Gasteiger partial charge in [-0.1, -0.05) is 18.2 Å². The first kappa shape index (κ1) is 13.3. The van der Waals surface area contributed by atoms with Crippen molar-refractivity contribution in [2.45, 2.75) is 19.3 Å². The second-order valence-corrected chi connectivity index (χ2v) is 5.02. The molecule has 0 radical (unpaired) electrons. The van der Waals surface area contributed by atoms with Crippen LogP contribution in [0.15, 0.2) is 24.3 Å². The summed E-state index contributed by atoms with van der Waals surface area (Å²) in [5.41, 5.74) is 0.777. The summed E-state index contributed by atoms with van der Waals surface area (Å²) in [5.74, 6) is 0.386. The van der Waals surface area contributed by atoms with Crippen molar-refractivity contribution < 1.29 is 9.18 Å². The van der Waals surface area contributed by atoms with Crippen LogP contribution in [0.2, 0.25) is 0 Å². The smallest absolute Gasteiger partial charge is 0.237 e. The van der Waals surface area contributed by atoms with Crippen LogP contribution in [0.5, 0.6) is 0 Å². The van der Waals surface area contributed by atoms with E-state index in [-0.39, 0.29) is 17.6 Å². The van der Waals surface area contributed by atoms with Crippen LogP contribution in [-0.4, -0.2) is 29.8 Å². The molecule has 98 valence electrons. The molecule has 1 saturated heterocycles. The van der Waals surface area contributed by atoms with Crippen molar-refractivity contribution in [3.05, 3.63) is 35.6 Å². The fraction of sp³-hybridized carbons (Fsp3) is 0.500. The summed E-state index contributed by atoms with van der Waals surface area (Å²) < 4.78 is 13.5. The van der Waals surface area contributed by atoms with Crippen LogP contribution >= 0.6 is 11.6 Å². The first-order chi connectivity index (χ1) is 8.70. The molecule has 1 aromatic rings. The van der Waals surface area contributed by atoms with Crippen LogP contribution in [-0.2, 0) is 11.2 Å². The molecule has 1 aliphatic rings. The number of nitrogens with zero attached hydrogens (tertiary/aromatic N) is 1. The number of alkyl halides is 1. The minimum atomic E-state index is -0.128. The van der Waals surface area contributed by atoms with E-state index in [1.165, 1.54) is 6.07 Å². The fourth-order valence-electron chi connectivity index (χ4n) is 2.45. The van der Waals surface area contributed by atoms with E-state index in [0.717, 1.165) is 37.9 Å². The topological polar surface area (TPSA) is 20.3 Å². The minimum Gasteiger partial charge on any atom is -0.342 e. The Morgan fingerprint density at radius 3 is 2.61 bits per heavy atom. The highest BCUT2D eigenvalue weighted by molar-refractivity contribution is 6.27. The molecule has 18 heavy (non-hydrogen) atoms. The maximum absolute atomic E-state index is 13.5. The standard InChI is InChI=1S/C14H17ClFNO/c15-10-14(18)17-7-5-11(6-8-17)9-12-3-1-2-4-13(12)16/h1-4,11H,5-10H2. The number of carbonyl (C=O) groups excluding carboxylic acids is 1. The summed E-state index contributed by atoms with van der Waals surface area (Å²) in [6.07, 6.45) is 2.61. The Hall–Kier alpha value is -1.09. The number of piperidine rings is 1. The van der Waals surface area contributed by atoms with Crippen LogP contribution in [0, 0.1) is 11.7 Å². The predicted octanol–water partition coefficient (Wildman–Crippen LogP) is 2.85. The second kappa shape index (κ2) is 6.19. The molecule has 1 heterocycles. The molecule has 0 N–H and O–H groups in total. The van der Waals surface area contributed by atoms with Crippen LogP contribution in [0.1, 0.15) is 18.4 Å². The molecule has 1 aromatic carbocycles. The van der Waals surface area contributed by atoms with E-state index in [9.17, 15) is 9.18 Å². The molecule has 0 spiro atoms. The Labute approximate surface area is 112 Å². The van der Waals surface area contributed by atoms with Crippen molar-refractivity contribution in [2.24, 2.45) is 5.92 Å². The quantitative estimate of drug-likeness (QED) is 0.773. The van der Waals surface area contributed by atoms with E-state index in [0.29, 0.717) is 5.92 Å². The van der Waals surface area contributed by atoms with Gasteiger partial charge in [0, 0.05) is 13.1 Å². The van der Waals surface area contributed by atoms with E-state index in [1.54, 1.807) is 11.0 Å². The van der Waals surface area contributed by atoms with Crippen LogP contribution in [0.4, 0.5) is 4.39 Å². The second-order valence-electron chi connectivity index (χ2n) is 4.75. The zero-order chi connectivity index (χ0) is 13.0. The summed E-state index contributed by atoms with van der Waals surface area (Å²) in [7, 11) is 0. The number of rotatable bonds is 3. The molecule has 2 nitrogen and oxygen atoms in total. The first-order valence-corrected chi connectivity index (χ1v) is 6.81. The van der Waals surface area contributed by atoms with E-state index >= 15 is 0 Å². The third kappa shape index (κ3) is 3.22. The Kier molecular flexibility index (Phi) is 4.59. The van der Waals surface area contributed by atoms with Gasteiger partial charge in [0.15, 0.2) is 0 Å². The number of amides is 1. The van der Waals surface area contributed by atoms with Gasteiger partial charge in [0.25, 0.3) is 0 Å². The highest BCUT2D eigenvalue weighted by Gasteiger charge is 2.22. The average molecular weight is 270 g/mol. The largest absolute Gasteiger partial charge is 0.342 e. The number of hydrogen-bond acceptors (Lipinski definition) is 1. The molecule has 0 aromatic heterocycles. The monoisotopic (exact) mass is 269 g/mol. The van der Waals surface area contributed by atoms with E-state index < -0.39 is 0 Å². The summed E-state index contributed by atoms with van der Waals surface area (Å²) >= 11 is 5.53. The third-order valence-electron chi connectivity index (χ3n) is 3.55. The molecule has 0 aliphatic carbocycles. The van der Waals surface area contributed by atoms with Gasteiger partial charge < -0.3 is 4.90 Å². The molecule has 0 atom stereocenters. The molecule has 1 aliphatic heterocycles. The Bertz CT molecular complexity index is 416. The Morgan fingerprint density at radius 1 is 1.33 bits per heavy atom. The molecule has 0 saturated carbocycles. The lowest BCUT2D eigenvalue weighted by molar-refractivity contribution is -0.129. The Balaban J connectivity index is 1.87. The third-order valence-corrected chi connectivity index (χ3v) is 3.78. The minimum absolute atomic E-state index is 0.000934. The normalized spacial score (nSPS) is 16.9. The van der Waals surface area contributed by atoms with Crippen molar-refractivity contribution in [1.29, 1.82) is 0 Å². The lowest BCUT2D eigenvalue weighted by atomic mass is 9.90. The number of likely N-dealkylation sites (tertiary alicyclic amines) is 1. The zero-order valence-electron chi connectivity index (χ0n) is 10.2. The van der Waals surface area contributed by atoms with Gasteiger partial charge in [-0.15, -0.1) is 11.6 Å². The summed E-state index contributed by atoms with van der Waals surface area (Å²) in [5, 5.41) is 0. The molecule has 0 unspecified atom stereocenters. The van der Waals surface area contributed by atoms with Crippen molar-refractivity contribution in [3.63, 3.8) is 0 Å². The zero-order valence-corrected chi connectivity index (χ0v) is 11.0. The lowest BCUT2D eigenvalue weighted by Crippen LogP contribution is -2.39.